The van der Waals surface area contributed by atoms with Crippen LogP contribution in [0.25, 0.3) is 0 Å². The number of rotatable bonds is 11. The molecule has 2 saturated carbocycles. The van der Waals surface area contributed by atoms with Crippen molar-refractivity contribution in [3.05, 3.63) is 11.6 Å². The van der Waals surface area contributed by atoms with Crippen LogP contribution >= 0.6 is 0 Å². The molecule has 0 aromatic rings. The van der Waals surface area contributed by atoms with Crippen molar-refractivity contribution in [2.45, 2.75) is 111 Å². The second-order valence-corrected chi connectivity index (χ2v) is 13.8. The number of carbonyl (C=O) groups is 5. The Bertz CT molecular complexity index is 1190. The summed E-state index contributed by atoms with van der Waals surface area (Å²) in [4.78, 5) is 63.3. The third kappa shape index (κ3) is 6.26. The quantitative estimate of drug-likeness (QED) is 0.187. The van der Waals surface area contributed by atoms with Gasteiger partial charge in [0.2, 0.25) is 0 Å². The van der Waals surface area contributed by atoms with Gasteiger partial charge in [0.1, 0.15) is 37.1 Å². The number of epoxide rings is 1. The van der Waals surface area contributed by atoms with Crippen LogP contribution in [0.1, 0.15) is 87.5 Å². The molecule has 11 heteroatoms. The summed E-state index contributed by atoms with van der Waals surface area (Å²) in [5.41, 5.74) is -2.03. The van der Waals surface area contributed by atoms with Crippen molar-refractivity contribution < 1.29 is 52.4 Å². The van der Waals surface area contributed by atoms with Crippen LogP contribution in [0.3, 0.4) is 0 Å². The Labute approximate surface area is 259 Å². The molecule has 0 amide bonds. The molecule has 2 heterocycles. The first kappa shape index (κ1) is 33.9. The molecule has 9 atom stereocenters. The van der Waals surface area contributed by atoms with Gasteiger partial charge in [0.15, 0.2) is 0 Å². The van der Waals surface area contributed by atoms with E-state index in [1.807, 2.05) is 20.8 Å². The number of fused-ring (bicyclic) bond motifs is 2. The lowest BCUT2D eigenvalue weighted by Gasteiger charge is -2.64. The smallest absolute Gasteiger partial charge is 0.331 e. The highest BCUT2D eigenvalue weighted by Crippen LogP contribution is 2.70. The molecule has 2 aliphatic heterocycles. The van der Waals surface area contributed by atoms with Gasteiger partial charge in [-0.25, -0.2) is 4.79 Å². The van der Waals surface area contributed by atoms with Crippen molar-refractivity contribution in [2.24, 2.45) is 34.5 Å². The number of cyclic esters (lactones) is 1. The Morgan fingerprint density at radius 3 is 2.27 bits per heavy atom. The van der Waals surface area contributed by atoms with Gasteiger partial charge in [-0.15, -0.1) is 0 Å². The molecule has 0 aromatic heterocycles. The minimum Gasteiger partial charge on any atom is -0.465 e. The maximum absolute atomic E-state index is 13.3. The zero-order chi connectivity index (χ0) is 32.6. The fourth-order valence-electron chi connectivity index (χ4n) is 7.78. The number of carbonyl (C=O) groups excluding carboxylic acids is 5. The topological polar surface area (TPSA) is 144 Å². The van der Waals surface area contributed by atoms with Gasteiger partial charge in [-0.1, -0.05) is 41.5 Å². The monoisotopic (exact) mass is 620 g/mol. The van der Waals surface area contributed by atoms with Gasteiger partial charge >= 0.3 is 29.8 Å². The van der Waals surface area contributed by atoms with Crippen LogP contribution < -0.4 is 0 Å². The fourth-order valence-corrected chi connectivity index (χ4v) is 7.78. The van der Waals surface area contributed by atoms with Gasteiger partial charge in [-0.3, -0.25) is 19.2 Å². The summed E-state index contributed by atoms with van der Waals surface area (Å²) in [5.74, 6) is -3.67. The van der Waals surface area contributed by atoms with Gasteiger partial charge in [-0.05, 0) is 43.4 Å². The molecule has 246 valence electrons. The van der Waals surface area contributed by atoms with Crippen LogP contribution in [0.5, 0.6) is 0 Å². The van der Waals surface area contributed by atoms with Crippen molar-refractivity contribution in [1.82, 2.24) is 0 Å². The molecule has 3 fully saturated rings. The summed E-state index contributed by atoms with van der Waals surface area (Å²) in [5, 5.41) is 0. The van der Waals surface area contributed by atoms with Crippen LogP contribution in [-0.2, 0) is 52.4 Å². The molecule has 44 heavy (non-hydrogen) atoms. The molecule has 11 nitrogen and oxygen atoms in total. The predicted octanol–water partition coefficient (Wildman–Crippen LogP) is 4.09. The van der Waals surface area contributed by atoms with E-state index in [9.17, 15) is 24.0 Å². The molecular formula is C33H48O11. The lowest BCUT2D eigenvalue weighted by atomic mass is 9.42. The normalized spacial score (nSPS) is 35.6. The van der Waals surface area contributed by atoms with E-state index in [4.69, 9.17) is 28.4 Å². The maximum Gasteiger partial charge on any atom is 0.331 e. The van der Waals surface area contributed by atoms with Crippen molar-refractivity contribution in [3.63, 3.8) is 0 Å². The molecule has 1 spiro atoms. The second kappa shape index (κ2) is 12.8. The average molecular weight is 621 g/mol. The van der Waals surface area contributed by atoms with Gasteiger partial charge in [0.25, 0.3) is 0 Å². The van der Waals surface area contributed by atoms with E-state index >= 15 is 0 Å². The van der Waals surface area contributed by atoms with Crippen molar-refractivity contribution >= 4 is 29.8 Å². The van der Waals surface area contributed by atoms with E-state index in [1.54, 1.807) is 13.8 Å². The highest BCUT2D eigenvalue weighted by atomic mass is 16.6. The van der Waals surface area contributed by atoms with Gasteiger partial charge in [0.05, 0.1) is 23.9 Å². The number of hydrogen-bond acceptors (Lipinski definition) is 11. The zero-order valence-corrected chi connectivity index (χ0v) is 27.3. The molecule has 4 aliphatic rings. The zero-order valence-electron chi connectivity index (χ0n) is 27.3. The largest absolute Gasteiger partial charge is 0.465 e. The lowest BCUT2D eigenvalue weighted by molar-refractivity contribution is -0.260. The predicted molar refractivity (Wildman–Crippen MR) is 156 cm³/mol. The minimum atomic E-state index is -1.06. The molecule has 4 rings (SSSR count). The number of esters is 5. The Kier molecular flexibility index (Phi) is 9.88. The van der Waals surface area contributed by atoms with Crippen molar-refractivity contribution in [2.75, 3.05) is 19.8 Å². The summed E-state index contributed by atoms with van der Waals surface area (Å²) in [6.07, 6.45) is 1.51. The van der Waals surface area contributed by atoms with E-state index in [0.717, 1.165) is 0 Å². The first-order valence-corrected chi connectivity index (χ1v) is 15.8. The van der Waals surface area contributed by atoms with Crippen molar-refractivity contribution in [1.29, 1.82) is 0 Å². The van der Waals surface area contributed by atoms with Gasteiger partial charge in [0, 0.05) is 31.4 Å². The second-order valence-electron chi connectivity index (χ2n) is 13.8. The van der Waals surface area contributed by atoms with Gasteiger partial charge in [-0.2, -0.15) is 0 Å². The number of ether oxygens (including phenoxy) is 6. The molecule has 0 N–H and O–H groups in total. The Morgan fingerprint density at radius 1 is 1.07 bits per heavy atom. The SMILES string of the molecule is CC[C@@H](C)C(=O)O[C@@H]1CC[C@]2(CO2)[C@]2(COC(C)=O)[C@@H](OC(C)=O)C[C@@H](C)[C@](C)(C[C@H](OC(=O)C(C)C)C3=CC(=O)OC3)[C@@H]12. The molecular weight excluding hydrogens is 572 g/mol. The molecule has 0 unspecified atom stereocenters. The highest BCUT2D eigenvalue weighted by Gasteiger charge is 2.77. The third-order valence-corrected chi connectivity index (χ3v) is 10.6. The van der Waals surface area contributed by atoms with E-state index < -0.39 is 70.5 Å². The molecule has 2 aliphatic carbocycles. The van der Waals surface area contributed by atoms with E-state index in [1.165, 1.54) is 19.9 Å². The minimum absolute atomic E-state index is 0.00184. The Hall–Kier alpha value is -2.95. The highest BCUT2D eigenvalue weighted by molar-refractivity contribution is 5.85. The van der Waals surface area contributed by atoms with Crippen LogP contribution in [0.4, 0.5) is 0 Å². The molecule has 0 aromatic carbocycles. The number of hydrogen-bond donors (Lipinski definition) is 0. The van der Waals surface area contributed by atoms with Crippen LogP contribution in [-0.4, -0.2) is 73.6 Å². The molecule has 1 saturated heterocycles. The fraction of sp³-hybridized carbons (Fsp3) is 0.788. The first-order chi connectivity index (χ1) is 20.6. The third-order valence-electron chi connectivity index (χ3n) is 10.6. The standard InChI is InChI=1S/C33H48O11/c1-9-19(4)30(38)43-24-10-11-32(16-41-32)33(17-40-21(6)34)26(42-22(7)35)12-20(5)31(8,28(24)33)14-25(44-29(37)18(2)3)23-13-27(36)39-15-23/h13,18-20,24-26,28H,9-12,14-17H2,1-8H3/t19-,20-,24-,25+,26+,28-,31+,32+,33-/m1/s1. The van der Waals surface area contributed by atoms with E-state index in [2.05, 4.69) is 6.92 Å². The van der Waals surface area contributed by atoms with E-state index in [-0.39, 0.29) is 37.4 Å². The van der Waals surface area contributed by atoms with Crippen molar-refractivity contribution in [3.8, 4) is 0 Å². The van der Waals surface area contributed by atoms with E-state index in [0.29, 0.717) is 37.9 Å². The average Bonchev–Trinajstić information content (AvgIpc) is 3.60. The van der Waals surface area contributed by atoms with Crippen LogP contribution in [0.2, 0.25) is 0 Å². The van der Waals surface area contributed by atoms with Crippen LogP contribution in [0.15, 0.2) is 11.6 Å². The van der Waals surface area contributed by atoms with Crippen LogP contribution in [0, 0.1) is 34.5 Å². The summed E-state index contributed by atoms with van der Waals surface area (Å²) in [6, 6.07) is 0. The lowest BCUT2D eigenvalue weighted by Crippen LogP contribution is -2.71. The Morgan fingerprint density at radius 2 is 1.75 bits per heavy atom. The molecule has 0 radical (unpaired) electrons. The summed E-state index contributed by atoms with van der Waals surface area (Å²) in [7, 11) is 0. The summed E-state index contributed by atoms with van der Waals surface area (Å²) < 4.78 is 35.7. The van der Waals surface area contributed by atoms with Gasteiger partial charge < -0.3 is 28.4 Å². The summed E-state index contributed by atoms with van der Waals surface area (Å²) >= 11 is 0. The molecule has 0 bridgehead atoms. The maximum atomic E-state index is 13.3. The first-order valence-electron chi connectivity index (χ1n) is 15.8. The summed E-state index contributed by atoms with van der Waals surface area (Å²) in [6.45, 7) is 14.3. The Balaban J connectivity index is 1.89.